The van der Waals surface area contributed by atoms with Gasteiger partial charge in [-0.05, 0) is 236 Å². The molecule has 12 aromatic carbocycles. The van der Waals surface area contributed by atoms with Crippen molar-refractivity contribution in [1.82, 2.24) is 73.5 Å². The zero-order chi connectivity index (χ0) is 91.4. The van der Waals surface area contributed by atoms with Crippen LogP contribution in [0.3, 0.4) is 0 Å². The lowest BCUT2D eigenvalue weighted by Crippen LogP contribution is -2.04. The molecule has 0 aliphatic heterocycles. The Morgan fingerprint density at radius 1 is 0.181 bits per heavy atom. The topological polar surface area (TPSA) is 169 Å². The number of hydrogen-bond donors (Lipinski definition) is 0. The number of hydrogen-bond acceptors (Lipinski definition) is 15. The van der Waals surface area contributed by atoms with Crippen molar-refractivity contribution in [1.29, 1.82) is 0 Å². The van der Waals surface area contributed by atoms with Gasteiger partial charge in [-0.3, -0.25) is 39.0 Å². The van der Waals surface area contributed by atoms with Gasteiger partial charge in [0, 0.05) is 174 Å². The average Bonchev–Trinajstić information content (AvgIpc) is 1.58. The Kier molecular flexibility index (Phi) is 21.1. The van der Waals surface area contributed by atoms with Crippen molar-refractivity contribution in [2.45, 2.75) is 0 Å². The molecule has 0 bridgehead atoms. The van der Waals surface area contributed by atoms with Crippen molar-refractivity contribution in [2.75, 3.05) is 0 Å². The van der Waals surface area contributed by atoms with Gasteiger partial charge in [-0.2, -0.15) is 0 Å². The van der Waals surface area contributed by atoms with E-state index in [4.69, 9.17) is 29.9 Å². The van der Waals surface area contributed by atoms with Crippen molar-refractivity contribution >= 4 is 130 Å². The lowest BCUT2D eigenvalue weighted by Gasteiger charge is -2.13. The Morgan fingerprint density at radius 2 is 0.471 bits per heavy atom. The van der Waals surface area contributed by atoms with Gasteiger partial charge >= 0.3 is 0 Å². The maximum Gasteiger partial charge on any atom is 0.235 e. The molecule has 0 spiro atoms. The van der Waals surface area contributed by atoms with Gasteiger partial charge in [0.1, 0.15) is 5.82 Å². The van der Waals surface area contributed by atoms with Crippen LogP contribution in [0.25, 0.3) is 246 Å². The molecule has 0 aliphatic rings. The Hall–Kier alpha value is -17.9. The summed E-state index contributed by atoms with van der Waals surface area (Å²) in [5.41, 5.74) is 26.7. The van der Waals surface area contributed by atoms with E-state index in [1.165, 1.54) is 105 Å². The Bertz CT molecular complexity index is 8790. The summed E-state index contributed by atoms with van der Waals surface area (Å²) >= 11 is 5.55. The maximum atomic E-state index is 5.30. The Balaban J connectivity index is 0.000000110. The summed E-state index contributed by atoms with van der Waals surface area (Å²) in [6.45, 7) is 0. The third kappa shape index (κ3) is 15.4. The minimum Gasteiger partial charge on any atom is -0.309 e. The highest BCUT2D eigenvalue weighted by molar-refractivity contribution is 7.24. The van der Waals surface area contributed by atoms with Crippen LogP contribution in [0.4, 0.5) is 0 Å². The van der Waals surface area contributed by atoms with Gasteiger partial charge < -0.3 is 4.57 Å². The second-order valence-electron chi connectivity index (χ2n) is 33.6. The molecule has 15 aromatic heterocycles. The summed E-state index contributed by atoms with van der Waals surface area (Å²) < 4.78 is 10.8. The van der Waals surface area contributed by atoms with Crippen LogP contribution in [-0.2, 0) is 0 Å². The number of aromatic nitrogens is 15. The largest absolute Gasteiger partial charge is 0.309 e. The number of fused-ring (bicyclic) bond motifs is 15. The standard InChI is InChI=1S/C41H26N4S.C40H25N5S.C39H24N6S/c1-2-6-31(7-3-1)38-25-32-14-15-37-40(41(32)46-38)34-8-4-5-9-36(34)45(37)39-26-33(24-35(44-39)30-18-22-43-23-19-30)28-12-10-27(11-13-28)29-16-20-42-21-17-29;1-2-6-30(7-3-1)37-24-31-14-15-36-38(39(31)46-37)32-8-4-5-9-35(32)45(36)40-43-33(25-34(44-40)29-18-22-42-23-19-29)28-12-10-26(11-13-28)27-16-20-41-21-17-27;1-2-6-25(7-3-1)34-24-29-12-15-33-35(36(29)46-34)31-8-4-5-9-32(31)45(33)30-13-10-26(11-14-30)37-42-38(27-16-20-40-21-17-27)44-39(43-37)28-18-22-41-23-19-28/h1-26H;1-25H;1-24H. The summed E-state index contributed by atoms with van der Waals surface area (Å²) in [6.07, 6.45) is 21.5. The van der Waals surface area contributed by atoms with Crippen LogP contribution in [-0.4, -0.2) is 73.5 Å². The molecule has 15 nitrogen and oxygen atoms in total. The van der Waals surface area contributed by atoms with E-state index >= 15 is 0 Å². The minimum atomic E-state index is 0.598. The molecule has 0 saturated carbocycles. The first-order chi connectivity index (χ1) is 68.4. The van der Waals surface area contributed by atoms with Gasteiger partial charge in [-0.1, -0.05) is 212 Å². The molecule has 0 N–H and O–H groups in total. The molecule has 138 heavy (non-hydrogen) atoms. The van der Waals surface area contributed by atoms with Crippen LogP contribution in [0.5, 0.6) is 0 Å². The quantitative estimate of drug-likeness (QED) is 0.0953. The van der Waals surface area contributed by atoms with Gasteiger partial charge in [0.2, 0.25) is 5.95 Å². The van der Waals surface area contributed by atoms with E-state index in [1.54, 1.807) is 37.2 Å². The number of thiophene rings is 3. The van der Waals surface area contributed by atoms with Gasteiger partial charge in [-0.15, -0.1) is 34.0 Å². The molecule has 0 unspecified atom stereocenters. The van der Waals surface area contributed by atoms with E-state index in [2.05, 4.69) is 353 Å². The predicted octanol–water partition coefficient (Wildman–Crippen LogP) is 30.7. The van der Waals surface area contributed by atoms with E-state index in [0.29, 0.717) is 23.4 Å². The molecule has 0 saturated heterocycles. The van der Waals surface area contributed by atoms with E-state index in [-0.39, 0.29) is 0 Å². The Labute approximate surface area is 803 Å². The first-order valence-electron chi connectivity index (χ1n) is 45.4. The number of nitrogens with zero attached hydrogens (tertiary/aromatic N) is 15. The van der Waals surface area contributed by atoms with Crippen LogP contribution >= 0.6 is 34.0 Å². The van der Waals surface area contributed by atoms with Crippen molar-refractivity contribution in [2.24, 2.45) is 0 Å². The highest BCUT2D eigenvalue weighted by Crippen LogP contribution is 2.48. The van der Waals surface area contributed by atoms with Crippen LogP contribution in [0.1, 0.15) is 0 Å². The van der Waals surface area contributed by atoms with Crippen LogP contribution in [0, 0.1) is 0 Å². The molecule has 0 radical (unpaired) electrons. The summed E-state index contributed by atoms with van der Waals surface area (Å²) in [5, 5.41) is 11.2. The molecule has 15 heterocycles. The third-order valence-electron chi connectivity index (χ3n) is 25.4. The normalized spacial score (nSPS) is 11.5. The van der Waals surface area contributed by atoms with E-state index in [0.717, 1.165) is 117 Å². The minimum absolute atomic E-state index is 0.598. The SMILES string of the molecule is c1ccc(-c2cc3ccc4c(c5ccccc5n4-c4cc(-c5ccc(-c6ccncc6)cc5)cc(-c5ccncc5)n4)c3s2)cc1.c1ccc(-c2cc3ccc4c(c5ccccc5n4-c4ccc(-c5nc(-c6ccncc6)nc(-c6ccncc6)n5)cc4)c3s2)cc1.c1ccc(-c2cc3ccc4c(c5ccccc5n4-c4nc(-c5ccncc5)cc(-c5ccc(-c6ccncc6)cc5)n4)c3s2)cc1. The molecule has 0 fully saturated rings. The molecule has 18 heteroatoms. The second kappa shape index (κ2) is 35.5. The fourth-order valence-electron chi connectivity index (χ4n) is 18.7. The fraction of sp³-hybridized carbons (Fsp3) is 0. The molecular weight excluding hydrogens is 1750 g/mol. The number of para-hydroxylation sites is 3. The number of rotatable bonds is 15. The Morgan fingerprint density at radius 3 is 0.870 bits per heavy atom. The van der Waals surface area contributed by atoms with Crippen molar-refractivity contribution < 1.29 is 0 Å². The summed E-state index contributed by atoms with van der Waals surface area (Å²) in [7, 11) is 0. The molecule has 27 rings (SSSR count). The lowest BCUT2D eigenvalue weighted by atomic mass is 10.00. The molecule has 648 valence electrons. The van der Waals surface area contributed by atoms with Gasteiger partial charge in [0.05, 0.1) is 50.2 Å². The molecule has 0 aliphatic carbocycles. The summed E-state index contributed by atoms with van der Waals surface area (Å²) in [5.74, 6) is 3.32. The summed E-state index contributed by atoms with van der Waals surface area (Å²) in [4.78, 5) is 59.2. The van der Waals surface area contributed by atoms with Crippen molar-refractivity contribution in [3.8, 4) is 150 Å². The third-order valence-corrected chi connectivity index (χ3v) is 29.0. The van der Waals surface area contributed by atoms with Crippen LogP contribution in [0.2, 0.25) is 0 Å². The van der Waals surface area contributed by atoms with E-state index in [1.807, 2.05) is 144 Å². The number of benzene rings is 12. The smallest absolute Gasteiger partial charge is 0.235 e. The fourth-order valence-corrected chi connectivity index (χ4v) is 22.4. The van der Waals surface area contributed by atoms with E-state index in [9.17, 15) is 0 Å². The molecule has 0 amide bonds. The maximum absolute atomic E-state index is 5.30. The van der Waals surface area contributed by atoms with Crippen LogP contribution < -0.4 is 0 Å². The van der Waals surface area contributed by atoms with Crippen molar-refractivity contribution in [3.63, 3.8) is 0 Å². The first-order valence-corrected chi connectivity index (χ1v) is 47.8. The van der Waals surface area contributed by atoms with Gasteiger partial charge in [0.25, 0.3) is 0 Å². The van der Waals surface area contributed by atoms with Crippen molar-refractivity contribution in [3.05, 3.63) is 457 Å². The van der Waals surface area contributed by atoms with Gasteiger partial charge in [0.15, 0.2) is 17.5 Å². The molecule has 27 aromatic rings. The van der Waals surface area contributed by atoms with Gasteiger partial charge in [-0.25, -0.2) is 29.9 Å². The molecule has 0 atom stereocenters. The first kappa shape index (κ1) is 82.0. The monoisotopic (exact) mass is 1820 g/mol. The van der Waals surface area contributed by atoms with Crippen LogP contribution in [0.15, 0.2) is 457 Å². The highest BCUT2D eigenvalue weighted by atomic mass is 32.1. The second-order valence-corrected chi connectivity index (χ2v) is 36.7. The number of pyridine rings is 7. The summed E-state index contributed by atoms with van der Waals surface area (Å²) in [6, 6.07) is 134. The zero-order valence-corrected chi connectivity index (χ0v) is 76.2. The molecular formula is C120H75N15S3. The van der Waals surface area contributed by atoms with E-state index < -0.39 is 0 Å². The zero-order valence-electron chi connectivity index (χ0n) is 73.7. The highest BCUT2D eigenvalue weighted by Gasteiger charge is 2.25. The predicted molar refractivity (Wildman–Crippen MR) is 567 cm³/mol. The lowest BCUT2D eigenvalue weighted by molar-refractivity contribution is 0.995. The average molecular weight is 1820 g/mol.